The number of anilines is 1. The van der Waals surface area contributed by atoms with Crippen LogP contribution in [0.3, 0.4) is 0 Å². The second kappa shape index (κ2) is 8.14. The molecule has 0 aliphatic rings. The van der Waals surface area contributed by atoms with E-state index in [0.29, 0.717) is 18.8 Å². The van der Waals surface area contributed by atoms with E-state index in [-0.39, 0.29) is 12.3 Å². The molecule has 1 heterocycles. The van der Waals surface area contributed by atoms with E-state index in [0.717, 1.165) is 32.5 Å². The first-order chi connectivity index (χ1) is 12.5. The van der Waals surface area contributed by atoms with Crippen LogP contribution in [0.5, 0.6) is 5.75 Å². The summed E-state index contributed by atoms with van der Waals surface area (Å²) in [5.41, 5.74) is 8.66. The molecule has 134 valence electrons. The number of hydrogen-bond acceptors (Lipinski definition) is 5. The van der Waals surface area contributed by atoms with Gasteiger partial charge in [0.2, 0.25) is 5.91 Å². The number of rotatable bonds is 7. The van der Waals surface area contributed by atoms with Gasteiger partial charge in [-0.25, -0.2) is 9.97 Å². The lowest BCUT2D eigenvalue weighted by Crippen LogP contribution is -2.13. The molecule has 7 heteroatoms. The Balaban J connectivity index is 1.86. The highest BCUT2D eigenvalue weighted by Gasteiger charge is 2.11. The lowest BCUT2D eigenvalue weighted by molar-refractivity contribution is -0.118. The van der Waals surface area contributed by atoms with Gasteiger partial charge in [0.05, 0.1) is 23.8 Å². The van der Waals surface area contributed by atoms with Gasteiger partial charge in [-0.2, -0.15) is 0 Å². The predicted octanol–water partition coefficient (Wildman–Crippen LogP) is 3.43. The molecule has 0 aliphatic heterocycles. The highest BCUT2D eigenvalue weighted by atomic mass is 79.9. The summed E-state index contributed by atoms with van der Waals surface area (Å²) < 4.78 is 6.10. The van der Waals surface area contributed by atoms with E-state index in [4.69, 9.17) is 10.5 Å². The Bertz CT molecular complexity index is 929. The summed E-state index contributed by atoms with van der Waals surface area (Å²) in [5.74, 6) is 1.12. The van der Waals surface area contributed by atoms with Crippen molar-refractivity contribution in [3.8, 4) is 5.75 Å². The Morgan fingerprint density at radius 1 is 1.15 bits per heavy atom. The van der Waals surface area contributed by atoms with Gasteiger partial charge >= 0.3 is 0 Å². The average molecular weight is 415 g/mol. The van der Waals surface area contributed by atoms with Crippen molar-refractivity contribution in [2.75, 3.05) is 12.4 Å². The first kappa shape index (κ1) is 18.1. The molecule has 0 radical (unpaired) electrons. The molecule has 6 nitrogen and oxygen atoms in total. The number of carbonyl (C=O) groups excluding carboxylic acids is 1. The molecule has 3 rings (SSSR count). The number of amides is 1. The number of methoxy groups -OCH3 is 1. The second-order valence-electron chi connectivity index (χ2n) is 5.82. The third kappa shape index (κ3) is 4.49. The molecule has 0 spiro atoms. The molecule has 0 aliphatic carbocycles. The molecule has 1 aromatic heterocycles. The minimum absolute atomic E-state index is 0.228. The summed E-state index contributed by atoms with van der Waals surface area (Å²) in [7, 11) is 1.64. The normalized spacial score (nSPS) is 10.7. The van der Waals surface area contributed by atoms with Crippen LogP contribution in [0.15, 0.2) is 46.9 Å². The first-order valence-electron chi connectivity index (χ1n) is 8.16. The minimum atomic E-state index is -0.359. The largest absolute Gasteiger partial charge is 0.497 e. The zero-order valence-corrected chi connectivity index (χ0v) is 15.9. The molecule has 0 atom stereocenters. The fourth-order valence-electron chi connectivity index (χ4n) is 2.55. The molecule has 3 aromatic rings. The molecule has 0 bridgehead atoms. The zero-order valence-electron chi connectivity index (χ0n) is 14.3. The van der Waals surface area contributed by atoms with Crippen LogP contribution in [0.2, 0.25) is 0 Å². The number of aromatic nitrogens is 2. The van der Waals surface area contributed by atoms with Crippen molar-refractivity contribution in [2.24, 2.45) is 5.73 Å². The van der Waals surface area contributed by atoms with E-state index in [9.17, 15) is 4.79 Å². The van der Waals surface area contributed by atoms with E-state index in [1.54, 1.807) is 7.11 Å². The van der Waals surface area contributed by atoms with Gasteiger partial charge in [-0.05, 0) is 35.9 Å². The fourth-order valence-corrected chi connectivity index (χ4v) is 2.90. The van der Waals surface area contributed by atoms with Crippen molar-refractivity contribution in [3.63, 3.8) is 0 Å². The number of hydrogen-bond donors (Lipinski definition) is 2. The van der Waals surface area contributed by atoms with Gasteiger partial charge in [-0.1, -0.05) is 28.1 Å². The Hall–Kier alpha value is -2.67. The lowest BCUT2D eigenvalue weighted by Gasteiger charge is -2.12. The van der Waals surface area contributed by atoms with E-state index in [1.807, 2.05) is 42.5 Å². The van der Waals surface area contributed by atoms with Gasteiger partial charge < -0.3 is 15.8 Å². The van der Waals surface area contributed by atoms with Gasteiger partial charge in [0.25, 0.3) is 0 Å². The number of nitrogens with two attached hydrogens (primary N) is 1. The Kier molecular flexibility index (Phi) is 5.68. The monoisotopic (exact) mass is 414 g/mol. The summed E-state index contributed by atoms with van der Waals surface area (Å²) in [4.78, 5) is 20.5. The number of nitrogens with zero attached hydrogens (tertiary/aromatic N) is 2. The molecule has 1 amide bonds. The second-order valence-corrected chi connectivity index (χ2v) is 6.74. The number of primary amides is 1. The number of fused-ring (bicyclic) bond motifs is 1. The first-order valence-corrected chi connectivity index (χ1v) is 8.96. The number of halogens is 1. The van der Waals surface area contributed by atoms with Gasteiger partial charge in [0.15, 0.2) is 0 Å². The van der Waals surface area contributed by atoms with Crippen molar-refractivity contribution in [1.82, 2.24) is 9.97 Å². The van der Waals surface area contributed by atoms with Crippen LogP contribution in [-0.2, 0) is 17.8 Å². The maximum atomic E-state index is 11.2. The third-order valence-corrected chi connectivity index (χ3v) is 4.42. The van der Waals surface area contributed by atoms with Crippen LogP contribution in [0.1, 0.15) is 17.7 Å². The number of aryl methyl sites for hydroxylation is 1. The van der Waals surface area contributed by atoms with Gasteiger partial charge in [-0.3, -0.25) is 4.79 Å². The molecular formula is C19H19BrN4O2. The predicted molar refractivity (Wildman–Crippen MR) is 105 cm³/mol. The van der Waals surface area contributed by atoms with E-state index >= 15 is 0 Å². The molecule has 2 aromatic carbocycles. The summed E-state index contributed by atoms with van der Waals surface area (Å²) in [5, 5.41) is 3.32. The molecule has 0 saturated carbocycles. The topological polar surface area (TPSA) is 90.1 Å². The molecular weight excluding hydrogens is 396 g/mol. The maximum Gasteiger partial charge on any atom is 0.217 e. The minimum Gasteiger partial charge on any atom is -0.497 e. The van der Waals surface area contributed by atoms with Gasteiger partial charge in [0.1, 0.15) is 11.6 Å². The van der Waals surface area contributed by atoms with E-state index < -0.39 is 0 Å². The highest BCUT2D eigenvalue weighted by Crippen LogP contribution is 2.22. The SMILES string of the molecule is COc1ccc(CNc2nc3ccc(Br)cc3nc2CCC(N)=O)cc1. The summed E-state index contributed by atoms with van der Waals surface area (Å²) in [6, 6.07) is 13.5. The van der Waals surface area contributed by atoms with Crippen molar-refractivity contribution >= 4 is 38.7 Å². The molecule has 0 unspecified atom stereocenters. The standard InChI is InChI=1S/C19H19BrN4O2/c1-26-14-5-2-12(3-6-14)11-22-19-16(8-9-18(21)25)23-17-10-13(20)4-7-15(17)24-19/h2-7,10H,8-9,11H2,1H3,(H2,21,25)(H,22,24). The van der Waals surface area contributed by atoms with Crippen LogP contribution in [0.4, 0.5) is 5.82 Å². The molecule has 0 fully saturated rings. The van der Waals surface area contributed by atoms with E-state index in [1.165, 1.54) is 0 Å². The Morgan fingerprint density at radius 3 is 2.62 bits per heavy atom. The molecule has 3 N–H and O–H groups in total. The Morgan fingerprint density at radius 2 is 1.92 bits per heavy atom. The average Bonchev–Trinajstić information content (AvgIpc) is 2.64. The van der Waals surface area contributed by atoms with Crippen LogP contribution >= 0.6 is 15.9 Å². The lowest BCUT2D eigenvalue weighted by atomic mass is 10.2. The summed E-state index contributed by atoms with van der Waals surface area (Å²) >= 11 is 3.44. The zero-order chi connectivity index (χ0) is 18.5. The molecule has 26 heavy (non-hydrogen) atoms. The smallest absolute Gasteiger partial charge is 0.217 e. The highest BCUT2D eigenvalue weighted by molar-refractivity contribution is 9.10. The summed E-state index contributed by atoms with van der Waals surface area (Å²) in [6.45, 7) is 0.588. The van der Waals surface area contributed by atoms with Crippen molar-refractivity contribution in [1.29, 1.82) is 0 Å². The summed E-state index contributed by atoms with van der Waals surface area (Å²) in [6.07, 6.45) is 0.668. The third-order valence-electron chi connectivity index (χ3n) is 3.93. The molecule has 0 saturated heterocycles. The number of ether oxygens (including phenoxy) is 1. The van der Waals surface area contributed by atoms with Crippen molar-refractivity contribution < 1.29 is 9.53 Å². The van der Waals surface area contributed by atoms with Crippen LogP contribution < -0.4 is 15.8 Å². The Labute approximate surface area is 159 Å². The maximum absolute atomic E-state index is 11.2. The van der Waals surface area contributed by atoms with Crippen LogP contribution in [0, 0.1) is 0 Å². The fraction of sp³-hybridized carbons (Fsp3) is 0.211. The van der Waals surface area contributed by atoms with E-state index in [2.05, 4.69) is 31.2 Å². The van der Waals surface area contributed by atoms with Gasteiger partial charge in [-0.15, -0.1) is 0 Å². The van der Waals surface area contributed by atoms with Crippen LogP contribution in [0.25, 0.3) is 11.0 Å². The number of carbonyl (C=O) groups is 1. The quantitative estimate of drug-likeness (QED) is 0.617. The van der Waals surface area contributed by atoms with Crippen LogP contribution in [-0.4, -0.2) is 23.0 Å². The number of benzene rings is 2. The van der Waals surface area contributed by atoms with Gasteiger partial charge in [0, 0.05) is 23.9 Å². The van der Waals surface area contributed by atoms with Crippen molar-refractivity contribution in [3.05, 3.63) is 58.2 Å². The number of nitrogens with one attached hydrogen (secondary N) is 1. The van der Waals surface area contributed by atoms with Crippen molar-refractivity contribution in [2.45, 2.75) is 19.4 Å².